The Kier molecular flexibility index (Phi) is 3.62. The van der Waals surface area contributed by atoms with Crippen LogP contribution in [0.5, 0.6) is 0 Å². The molecule has 4 N–H and O–H groups in total. The molecule has 0 aliphatic heterocycles. The molecule has 0 saturated carbocycles. The highest BCUT2D eigenvalue weighted by molar-refractivity contribution is 5.94. The summed E-state index contributed by atoms with van der Waals surface area (Å²) in [5, 5.41) is 6.72. The fourth-order valence-corrected chi connectivity index (χ4v) is 2.26. The summed E-state index contributed by atoms with van der Waals surface area (Å²) in [4.78, 5) is 16.0. The lowest BCUT2D eigenvalue weighted by Gasteiger charge is -2.09. The van der Waals surface area contributed by atoms with Crippen LogP contribution in [-0.2, 0) is 0 Å². The number of benzene rings is 2. The molecule has 5 nitrogen and oxygen atoms in total. The minimum atomic E-state index is -0.111. The molecule has 110 valence electrons. The Morgan fingerprint density at radius 1 is 1.09 bits per heavy atom. The van der Waals surface area contributed by atoms with Gasteiger partial charge in [-0.15, -0.1) is 0 Å². The third-order valence-electron chi connectivity index (χ3n) is 3.39. The van der Waals surface area contributed by atoms with E-state index in [-0.39, 0.29) is 5.91 Å². The molecule has 0 saturated heterocycles. The predicted octanol–water partition coefficient (Wildman–Crippen LogP) is 2.92. The van der Waals surface area contributed by atoms with Crippen molar-refractivity contribution in [3.63, 3.8) is 0 Å². The highest BCUT2D eigenvalue weighted by Crippen LogP contribution is 2.24. The number of aromatic nitrogens is 1. The molecular formula is C17H16N4O. The zero-order valence-electron chi connectivity index (χ0n) is 12.1. The van der Waals surface area contributed by atoms with Crippen molar-refractivity contribution in [2.75, 3.05) is 18.1 Å². The number of carbonyl (C=O) groups excluding carboxylic acids is 1. The third kappa shape index (κ3) is 2.69. The summed E-state index contributed by atoms with van der Waals surface area (Å²) in [5.74, 6) is 0.559. The highest BCUT2D eigenvalue weighted by Gasteiger charge is 2.05. The third-order valence-corrected chi connectivity index (χ3v) is 3.39. The number of fused-ring (bicyclic) bond motifs is 1. The maximum Gasteiger partial charge on any atom is 0.251 e. The Morgan fingerprint density at radius 3 is 2.55 bits per heavy atom. The molecule has 1 aromatic heterocycles. The van der Waals surface area contributed by atoms with Crippen LogP contribution in [0.2, 0.25) is 0 Å². The number of amides is 1. The topological polar surface area (TPSA) is 80.0 Å². The van der Waals surface area contributed by atoms with Crippen molar-refractivity contribution in [1.82, 2.24) is 10.3 Å². The van der Waals surface area contributed by atoms with E-state index in [2.05, 4.69) is 15.6 Å². The number of nitrogens with one attached hydrogen (secondary N) is 2. The summed E-state index contributed by atoms with van der Waals surface area (Å²) in [7, 11) is 1.61. The van der Waals surface area contributed by atoms with Crippen LogP contribution in [-0.4, -0.2) is 17.9 Å². The second-order valence-electron chi connectivity index (χ2n) is 4.90. The van der Waals surface area contributed by atoms with Gasteiger partial charge >= 0.3 is 0 Å². The van der Waals surface area contributed by atoms with Crippen molar-refractivity contribution in [3.8, 4) is 0 Å². The van der Waals surface area contributed by atoms with Gasteiger partial charge in [-0.2, -0.15) is 0 Å². The first-order valence-corrected chi connectivity index (χ1v) is 6.92. The number of nitrogen functional groups attached to an aromatic ring is 1. The first kappa shape index (κ1) is 13.9. The molecule has 0 atom stereocenters. The van der Waals surface area contributed by atoms with Crippen LogP contribution >= 0.6 is 0 Å². The number of nitrogens with zero attached hydrogens (tertiary/aromatic N) is 1. The molecule has 0 fully saturated rings. The van der Waals surface area contributed by atoms with Gasteiger partial charge in [-0.1, -0.05) is 18.2 Å². The van der Waals surface area contributed by atoms with Gasteiger partial charge in [0.15, 0.2) is 0 Å². The fourth-order valence-electron chi connectivity index (χ4n) is 2.26. The normalized spacial score (nSPS) is 10.4. The number of hydrogen-bond acceptors (Lipinski definition) is 4. The lowest BCUT2D eigenvalue weighted by molar-refractivity contribution is 0.0963. The van der Waals surface area contributed by atoms with E-state index in [4.69, 9.17) is 5.73 Å². The van der Waals surface area contributed by atoms with Gasteiger partial charge in [-0.3, -0.25) is 4.79 Å². The summed E-state index contributed by atoms with van der Waals surface area (Å²) in [6.45, 7) is 0. The lowest BCUT2D eigenvalue weighted by Crippen LogP contribution is -2.17. The summed E-state index contributed by atoms with van der Waals surface area (Å²) < 4.78 is 0. The first-order chi connectivity index (χ1) is 10.7. The first-order valence-electron chi connectivity index (χ1n) is 6.92. The van der Waals surface area contributed by atoms with E-state index in [1.54, 1.807) is 25.2 Å². The van der Waals surface area contributed by atoms with E-state index in [0.29, 0.717) is 17.1 Å². The van der Waals surface area contributed by atoms with Gasteiger partial charge in [-0.05, 0) is 30.3 Å². The van der Waals surface area contributed by atoms with Gasteiger partial charge in [0.1, 0.15) is 5.82 Å². The Labute approximate surface area is 128 Å². The molecule has 3 rings (SSSR count). The van der Waals surface area contributed by atoms with Crippen LogP contribution in [0.15, 0.2) is 54.6 Å². The quantitative estimate of drug-likeness (QED) is 0.693. The number of nitrogens with two attached hydrogens (primary N) is 1. The minimum absolute atomic E-state index is 0.111. The minimum Gasteiger partial charge on any atom is -0.398 e. The zero-order chi connectivity index (χ0) is 15.5. The second kappa shape index (κ2) is 5.73. The van der Waals surface area contributed by atoms with E-state index in [1.165, 1.54) is 0 Å². The molecule has 0 spiro atoms. The Morgan fingerprint density at radius 2 is 1.82 bits per heavy atom. The molecular weight excluding hydrogens is 276 g/mol. The predicted molar refractivity (Wildman–Crippen MR) is 89.3 cm³/mol. The van der Waals surface area contributed by atoms with Crippen molar-refractivity contribution in [2.45, 2.75) is 0 Å². The number of pyridine rings is 1. The molecule has 1 heterocycles. The van der Waals surface area contributed by atoms with Crippen molar-refractivity contribution in [1.29, 1.82) is 0 Å². The van der Waals surface area contributed by atoms with E-state index in [0.717, 1.165) is 16.6 Å². The van der Waals surface area contributed by atoms with Crippen LogP contribution in [0.25, 0.3) is 10.9 Å². The van der Waals surface area contributed by atoms with Gasteiger partial charge in [0, 0.05) is 35.4 Å². The summed E-state index contributed by atoms with van der Waals surface area (Å²) >= 11 is 0. The Hall–Kier alpha value is -3.08. The number of hydrogen-bond donors (Lipinski definition) is 3. The molecule has 5 heteroatoms. The summed E-state index contributed by atoms with van der Waals surface area (Å²) in [5.41, 5.74) is 9.03. The van der Waals surface area contributed by atoms with Crippen molar-refractivity contribution in [2.24, 2.45) is 0 Å². The summed E-state index contributed by atoms with van der Waals surface area (Å²) in [6, 6.07) is 16.7. The van der Waals surface area contributed by atoms with Crippen molar-refractivity contribution >= 4 is 34.0 Å². The van der Waals surface area contributed by atoms with Crippen LogP contribution in [0.3, 0.4) is 0 Å². The molecule has 0 aliphatic carbocycles. The van der Waals surface area contributed by atoms with E-state index in [1.807, 2.05) is 36.4 Å². The van der Waals surface area contributed by atoms with E-state index >= 15 is 0 Å². The largest absolute Gasteiger partial charge is 0.398 e. The zero-order valence-corrected chi connectivity index (χ0v) is 12.1. The average Bonchev–Trinajstić information content (AvgIpc) is 2.55. The molecule has 0 aliphatic rings. The second-order valence-corrected chi connectivity index (χ2v) is 4.90. The lowest BCUT2D eigenvalue weighted by atomic mass is 10.1. The van der Waals surface area contributed by atoms with E-state index < -0.39 is 0 Å². The molecule has 0 unspecified atom stereocenters. The van der Waals surface area contributed by atoms with Crippen molar-refractivity contribution in [3.05, 3.63) is 60.2 Å². The number of anilines is 3. The van der Waals surface area contributed by atoms with Gasteiger partial charge in [0.05, 0.1) is 5.52 Å². The fraction of sp³-hybridized carbons (Fsp3) is 0.0588. The number of para-hydroxylation sites is 1. The molecule has 22 heavy (non-hydrogen) atoms. The SMILES string of the molecule is CNC(=O)c1ccc(Nc2cc(N)c3ccccc3n2)cc1. The Balaban J connectivity index is 1.88. The summed E-state index contributed by atoms with van der Waals surface area (Å²) in [6.07, 6.45) is 0. The smallest absolute Gasteiger partial charge is 0.251 e. The maximum atomic E-state index is 11.5. The number of rotatable bonds is 3. The molecule has 0 bridgehead atoms. The average molecular weight is 292 g/mol. The van der Waals surface area contributed by atoms with Crippen LogP contribution < -0.4 is 16.4 Å². The molecule has 2 aromatic carbocycles. The highest BCUT2D eigenvalue weighted by atomic mass is 16.1. The standard InChI is InChI=1S/C17H16N4O/c1-19-17(22)11-6-8-12(9-7-11)20-16-10-14(18)13-4-2-3-5-15(13)21-16/h2-10H,1H3,(H,19,22)(H3,18,20,21). The number of carbonyl (C=O) groups is 1. The molecule has 1 amide bonds. The maximum absolute atomic E-state index is 11.5. The van der Waals surface area contributed by atoms with Gasteiger partial charge in [0.2, 0.25) is 0 Å². The van der Waals surface area contributed by atoms with E-state index in [9.17, 15) is 4.79 Å². The Bertz CT molecular complexity index is 828. The van der Waals surface area contributed by atoms with Crippen LogP contribution in [0.4, 0.5) is 17.2 Å². The van der Waals surface area contributed by atoms with Crippen LogP contribution in [0, 0.1) is 0 Å². The van der Waals surface area contributed by atoms with Gasteiger partial charge in [0.25, 0.3) is 5.91 Å². The van der Waals surface area contributed by atoms with Gasteiger partial charge in [-0.25, -0.2) is 4.98 Å². The monoisotopic (exact) mass is 292 g/mol. The molecule has 0 radical (unpaired) electrons. The van der Waals surface area contributed by atoms with Gasteiger partial charge < -0.3 is 16.4 Å². The van der Waals surface area contributed by atoms with Crippen molar-refractivity contribution < 1.29 is 4.79 Å². The molecule has 3 aromatic rings. The van der Waals surface area contributed by atoms with Crippen LogP contribution in [0.1, 0.15) is 10.4 Å².